The van der Waals surface area contributed by atoms with Crippen molar-refractivity contribution >= 4 is 45.7 Å². The molecule has 1 N–H and O–H groups in total. The van der Waals surface area contributed by atoms with Crippen molar-refractivity contribution in [3.8, 4) is 0 Å². The third-order valence-electron chi connectivity index (χ3n) is 7.14. The number of nitrogens with zero attached hydrogens (tertiary/aromatic N) is 2. The van der Waals surface area contributed by atoms with Gasteiger partial charge in [0.1, 0.15) is 6.26 Å². The van der Waals surface area contributed by atoms with Crippen LogP contribution in [0.4, 0.5) is 0 Å². The minimum atomic E-state index is -0.0400. The number of amides is 2. The Labute approximate surface area is 213 Å². The number of aromatic nitrogens is 1. The lowest BCUT2D eigenvalue weighted by molar-refractivity contribution is 0.0697. The third-order valence-corrected chi connectivity index (χ3v) is 7.96. The number of carbonyl (C=O) groups excluding carboxylic acids is 2. The van der Waals surface area contributed by atoms with E-state index in [9.17, 15) is 9.59 Å². The summed E-state index contributed by atoms with van der Waals surface area (Å²) in [6.07, 6.45) is 9.47. The normalized spacial score (nSPS) is 17.3. The summed E-state index contributed by atoms with van der Waals surface area (Å²) in [4.78, 5) is 34.5. The Kier molecular flexibility index (Phi) is 6.15. The Morgan fingerprint density at radius 2 is 1.94 bits per heavy atom. The lowest BCUT2D eigenvalue weighted by Crippen LogP contribution is -2.46. The van der Waals surface area contributed by atoms with Gasteiger partial charge in [-0.1, -0.05) is 24.3 Å². The number of hydrogen-bond donors (Lipinski definition) is 1. The van der Waals surface area contributed by atoms with E-state index in [1.54, 1.807) is 17.4 Å². The van der Waals surface area contributed by atoms with Gasteiger partial charge in [-0.3, -0.25) is 9.59 Å². The fourth-order valence-corrected chi connectivity index (χ4v) is 6.01. The zero-order valence-corrected chi connectivity index (χ0v) is 20.7. The number of fused-ring (bicyclic) bond motifs is 2. The van der Waals surface area contributed by atoms with E-state index in [0.29, 0.717) is 18.7 Å². The number of carbonyl (C=O) groups is 2. The number of allylic oxidation sites excluding steroid dienone is 1. The van der Waals surface area contributed by atoms with Crippen molar-refractivity contribution in [1.82, 2.24) is 15.2 Å². The molecule has 3 aromatic heterocycles. The summed E-state index contributed by atoms with van der Waals surface area (Å²) in [7, 11) is 0. The molecule has 1 saturated heterocycles. The highest BCUT2D eigenvalue weighted by molar-refractivity contribution is 7.10. The fourth-order valence-electron chi connectivity index (χ4n) is 5.33. The second-order valence-electron chi connectivity index (χ2n) is 9.42. The van der Waals surface area contributed by atoms with Crippen LogP contribution in [0.15, 0.2) is 64.8 Å². The number of rotatable bonds is 4. The Morgan fingerprint density at radius 3 is 2.72 bits per heavy atom. The van der Waals surface area contributed by atoms with Gasteiger partial charge >= 0.3 is 0 Å². The van der Waals surface area contributed by atoms with Gasteiger partial charge in [-0.25, -0.2) is 4.98 Å². The predicted octanol–water partition coefficient (Wildman–Crippen LogP) is 5.80. The van der Waals surface area contributed by atoms with Gasteiger partial charge in [0.05, 0.1) is 28.6 Å². The van der Waals surface area contributed by atoms with Crippen molar-refractivity contribution in [2.24, 2.45) is 0 Å². The standard InChI is InChI=1S/C29H27N3O3S/c33-28(30-21-10-13-32(14-11-21)29(34)20-12-15-35-18-20)26-23-7-1-2-9-25(23)31-27-19(5-3-8-24(26)27)17-22-6-4-16-36-22/h1-2,4,6-7,9,12,15-18,21H,3,5,8,10-11,13-14H2,(H,30,33)/b19-17+. The van der Waals surface area contributed by atoms with Crippen LogP contribution in [0.5, 0.6) is 0 Å². The van der Waals surface area contributed by atoms with Gasteiger partial charge in [0.15, 0.2) is 0 Å². The molecule has 4 heterocycles. The van der Waals surface area contributed by atoms with E-state index >= 15 is 0 Å². The molecule has 0 atom stereocenters. The highest BCUT2D eigenvalue weighted by atomic mass is 32.1. The molecule has 1 aliphatic heterocycles. The second-order valence-corrected chi connectivity index (χ2v) is 10.4. The van der Waals surface area contributed by atoms with Gasteiger partial charge in [-0.2, -0.15) is 0 Å². The zero-order chi connectivity index (χ0) is 24.5. The van der Waals surface area contributed by atoms with Crippen molar-refractivity contribution in [3.63, 3.8) is 0 Å². The molecule has 1 aromatic carbocycles. The first kappa shape index (κ1) is 22.7. The van der Waals surface area contributed by atoms with Gasteiger partial charge in [0, 0.05) is 29.4 Å². The molecular weight excluding hydrogens is 470 g/mol. The summed E-state index contributed by atoms with van der Waals surface area (Å²) in [6.45, 7) is 1.22. The van der Waals surface area contributed by atoms with Gasteiger partial charge in [-0.15, -0.1) is 11.3 Å². The molecule has 0 saturated carbocycles. The topological polar surface area (TPSA) is 75.4 Å². The molecule has 36 heavy (non-hydrogen) atoms. The first-order valence-electron chi connectivity index (χ1n) is 12.5. The molecule has 7 heteroatoms. The first-order valence-corrected chi connectivity index (χ1v) is 13.3. The molecular formula is C29H27N3O3S. The average Bonchev–Trinajstić information content (AvgIpc) is 3.62. The summed E-state index contributed by atoms with van der Waals surface area (Å²) in [5.74, 6) is -0.0605. The van der Waals surface area contributed by atoms with Gasteiger partial charge in [0.2, 0.25) is 0 Å². The number of furan rings is 1. The molecule has 182 valence electrons. The van der Waals surface area contributed by atoms with E-state index in [-0.39, 0.29) is 17.9 Å². The van der Waals surface area contributed by atoms with Crippen LogP contribution in [0.1, 0.15) is 62.5 Å². The number of thiophene rings is 1. The molecule has 0 unspecified atom stereocenters. The summed E-state index contributed by atoms with van der Waals surface area (Å²) in [6, 6.07) is 13.8. The number of pyridine rings is 1. The van der Waals surface area contributed by atoms with Crippen molar-refractivity contribution in [2.45, 2.75) is 38.1 Å². The minimum Gasteiger partial charge on any atom is -0.472 e. The summed E-state index contributed by atoms with van der Waals surface area (Å²) < 4.78 is 5.05. The third kappa shape index (κ3) is 4.35. The minimum absolute atomic E-state index is 0.0206. The van der Waals surface area contributed by atoms with Crippen molar-refractivity contribution in [3.05, 3.63) is 87.6 Å². The van der Waals surface area contributed by atoms with E-state index < -0.39 is 0 Å². The summed E-state index contributed by atoms with van der Waals surface area (Å²) in [5, 5.41) is 6.27. The molecule has 0 radical (unpaired) electrons. The van der Waals surface area contributed by atoms with Crippen LogP contribution in [0, 0.1) is 0 Å². The lowest BCUT2D eigenvalue weighted by Gasteiger charge is -2.32. The fraction of sp³-hybridized carbons (Fsp3) is 0.276. The van der Waals surface area contributed by atoms with Crippen LogP contribution < -0.4 is 5.32 Å². The molecule has 0 spiro atoms. The largest absolute Gasteiger partial charge is 0.472 e. The molecule has 6 rings (SSSR count). The molecule has 2 aliphatic rings. The zero-order valence-electron chi connectivity index (χ0n) is 19.9. The number of hydrogen-bond acceptors (Lipinski definition) is 5. The highest BCUT2D eigenvalue weighted by Gasteiger charge is 2.29. The summed E-state index contributed by atoms with van der Waals surface area (Å²) in [5.41, 5.74) is 5.38. The maximum atomic E-state index is 13.8. The molecule has 2 amide bonds. The van der Waals surface area contributed by atoms with Crippen molar-refractivity contribution in [1.29, 1.82) is 0 Å². The summed E-state index contributed by atoms with van der Waals surface area (Å²) >= 11 is 1.71. The number of benzene rings is 1. The van der Waals surface area contributed by atoms with Crippen LogP contribution in [-0.4, -0.2) is 40.8 Å². The van der Waals surface area contributed by atoms with Crippen LogP contribution in [-0.2, 0) is 6.42 Å². The van der Waals surface area contributed by atoms with E-state index in [1.807, 2.05) is 29.2 Å². The SMILES string of the molecule is O=C(NC1CCN(C(=O)c2ccoc2)CC1)c1c2c(nc3ccccc13)/C(=C/c1cccs1)CCC2. The second kappa shape index (κ2) is 9.74. The number of piperidine rings is 1. The smallest absolute Gasteiger partial charge is 0.257 e. The first-order chi connectivity index (χ1) is 17.7. The molecule has 1 fully saturated rings. The lowest BCUT2D eigenvalue weighted by atomic mass is 9.86. The monoisotopic (exact) mass is 497 g/mol. The van der Waals surface area contributed by atoms with Crippen LogP contribution >= 0.6 is 11.3 Å². The van der Waals surface area contributed by atoms with Crippen molar-refractivity contribution < 1.29 is 14.0 Å². The highest BCUT2D eigenvalue weighted by Crippen LogP contribution is 2.36. The Bertz CT molecular complexity index is 1430. The Morgan fingerprint density at radius 1 is 1.08 bits per heavy atom. The van der Waals surface area contributed by atoms with E-state index in [0.717, 1.165) is 59.8 Å². The van der Waals surface area contributed by atoms with Gasteiger partial charge in [0.25, 0.3) is 11.8 Å². The molecule has 0 bridgehead atoms. The van der Waals surface area contributed by atoms with E-state index in [2.05, 4.69) is 28.9 Å². The van der Waals surface area contributed by atoms with E-state index in [1.165, 1.54) is 23.0 Å². The van der Waals surface area contributed by atoms with Crippen LogP contribution in [0.25, 0.3) is 22.6 Å². The number of nitrogens with one attached hydrogen (secondary N) is 1. The molecule has 4 aromatic rings. The Balaban J connectivity index is 1.27. The van der Waals surface area contributed by atoms with Gasteiger partial charge < -0.3 is 14.6 Å². The predicted molar refractivity (Wildman–Crippen MR) is 142 cm³/mol. The molecule has 6 nitrogen and oxygen atoms in total. The Hall–Kier alpha value is -3.71. The van der Waals surface area contributed by atoms with Gasteiger partial charge in [-0.05, 0) is 72.9 Å². The van der Waals surface area contributed by atoms with Crippen molar-refractivity contribution in [2.75, 3.05) is 13.1 Å². The number of para-hydroxylation sites is 1. The van der Waals surface area contributed by atoms with E-state index in [4.69, 9.17) is 9.40 Å². The molecule has 1 aliphatic carbocycles. The maximum absolute atomic E-state index is 13.8. The van der Waals surface area contributed by atoms with Crippen LogP contribution in [0.2, 0.25) is 0 Å². The van der Waals surface area contributed by atoms with Crippen LogP contribution in [0.3, 0.4) is 0 Å². The number of likely N-dealkylation sites (tertiary alicyclic amines) is 1. The maximum Gasteiger partial charge on any atom is 0.257 e. The average molecular weight is 498 g/mol. The quantitative estimate of drug-likeness (QED) is 0.387.